The normalized spacial score (nSPS) is 20.5. The molecule has 0 bridgehead atoms. The number of carbonyl (C=O) groups is 1. The molecule has 0 radical (unpaired) electrons. The summed E-state index contributed by atoms with van der Waals surface area (Å²) in [5.41, 5.74) is 0.558. The lowest BCUT2D eigenvalue weighted by molar-refractivity contribution is 0.0959. The fraction of sp³-hybridized carbons (Fsp3) is 0.636. The molecule has 82 valence electrons. The molecule has 0 N–H and O–H groups in total. The standard InChI is InChI=1S/C11H15NO3/c1-6(2)14-11-9-8(13)5-4-7(3)10(9)15-12-11/h6-7H,4-5H2,1-3H3. The van der Waals surface area contributed by atoms with Gasteiger partial charge in [0, 0.05) is 12.3 Å². The zero-order valence-corrected chi connectivity index (χ0v) is 9.24. The third-order valence-electron chi connectivity index (χ3n) is 2.57. The number of hydrogen-bond donors (Lipinski definition) is 0. The van der Waals surface area contributed by atoms with Gasteiger partial charge in [0.1, 0.15) is 5.56 Å². The Morgan fingerprint density at radius 3 is 2.93 bits per heavy atom. The van der Waals surface area contributed by atoms with E-state index in [1.165, 1.54) is 0 Å². The lowest BCUT2D eigenvalue weighted by atomic mass is 9.89. The van der Waals surface area contributed by atoms with Crippen molar-refractivity contribution in [3.05, 3.63) is 11.3 Å². The molecule has 1 aliphatic rings. The fourth-order valence-electron chi connectivity index (χ4n) is 1.79. The van der Waals surface area contributed by atoms with E-state index in [0.29, 0.717) is 23.6 Å². The maximum absolute atomic E-state index is 11.7. The van der Waals surface area contributed by atoms with E-state index in [2.05, 4.69) is 5.16 Å². The number of Topliss-reactive ketones (excluding diaryl/α,β-unsaturated/α-hetero) is 1. The van der Waals surface area contributed by atoms with Crippen LogP contribution in [0.4, 0.5) is 0 Å². The minimum Gasteiger partial charge on any atom is -0.472 e. The number of ketones is 1. The maximum atomic E-state index is 11.7. The van der Waals surface area contributed by atoms with E-state index in [-0.39, 0.29) is 17.8 Å². The van der Waals surface area contributed by atoms with Gasteiger partial charge in [-0.15, -0.1) is 0 Å². The minimum atomic E-state index is 0.00392. The highest BCUT2D eigenvalue weighted by Gasteiger charge is 2.32. The Morgan fingerprint density at radius 2 is 2.27 bits per heavy atom. The summed E-state index contributed by atoms with van der Waals surface area (Å²) in [7, 11) is 0. The Morgan fingerprint density at radius 1 is 1.53 bits per heavy atom. The molecule has 0 saturated heterocycles. The molecule has 1 unspecified atom stereocenters. The van der Waals surface area contributed by atoms with Crippen LogP contribution in [-0.2, 0) is 0 Å². The monoisotopic (exact) mass is 209 g/mol. The van der Waals surface area contributed by atoms with Crippen molar-refractivity contribution in [3.8, 4) is 5.88 Å². The van der Waals surface area contributed by atoms with Crippen LogP contribution < -0.4 is 4.74 Å². The predicted octanol–water partition coefficient (Wildman–Crippen LogP) is 2.54. The van der Waals surface area contributed by atoms with Gasteiger partial charge >= 0.3 is 0 Å². The number of aromatic nitrogens is 1. The third kappa shape index (κ3) is 1.76. The van der Waals surface area contributed by atoms with Gasteiger partial charge in [-0.3, -0.25) is 4.79 Å². The number of ether oxygens (including phenoxy) is 1. The molecule has 0 fully saturated rings. The molecule has 4 heteroatoms. The Hall–Kier alpha value is -1.32. The molecule has 0 spiro atoms. The Labute approximate surface area is 88.6 Å². The van der Waals surface area contributed by atoms with Crippen LogP contribution in [0.1, 0.15) is 55.6 Å². The molecule has 0 aliphatic heterocycles. The van der Waals surface area contributed by atoms with Crippen molar-refractivity contribution in [1.29, 1.82) is 0 Å². The molecule has 15 heavy (non-hydrogen) atoms. The van der Waals surface area contributed by atoms with Crippen LogP contribution in [0.15, 0.2) is 4.52 Å². The average molecular weight is 209 g/mol. The van der Waals surface area contributed by atoms with Crippen LogP contribution in [0, 0.1) is 0 Å². The zero-order valence-electron chi connectivity index (χ0n) is 9.24. The second-order valence-corrected chi connectivity index (χ2v) is 4.26. The molecule has 0 saturated carbocycles. The van der Waals surface area contributed by atoms with E-state index < -0.39 is 0 Å². The van der Waals surface area contributed by atoms with Crippen molar-refractivity contribution in [1.82, 2.24) is 5.16 Å². The van der Waals surface area contributed by atoms with Crippen molar-refractivity contribution in [2.24, 2.45) is 0 Å². The average Bonchev–Trinajstić information content (AvgIpc) is 2.56. The van der Waals surface area contributed by atoms with Crippen LogP contribution >= 0.6 is 0 Å². The smallest absolute Gasteiger partial charge is 0.265 e. The number of hydrogen-bond acceptors (Lipinski definition) is 4. The van der Waals surface area contributed by atoms with Crippen LogP contribution in [0.2, 0.25) is 0 Å². The summed E-state index contributed by atoms with van der Waals surface area (Å²) in [5, 5.41) is 3.82. The molecule has 0 aromatic carbocycles. The van der Waals surface area contributed by atoms with Gasteiger partial charge in [-0.05, 0) is 25.4 Å². The summed E-state index contributed by atoms with van der Waals surface area (Å²) in [6.45, 7) is 5.84. The maximum Gasteiger partial charge on any atom is 0.265 e. The molecule has 1 aliphatic carbocycles. The fourth-order valence-corrected chi connectivity index (χ4v) is 1.79. The first-order chi connectivity index (χ1) is 7.09. The van der Waals surface area contributed by atoms with Gasteiger partial charge in [0.25, 0.3) is 5.88 Å². The SMILES string of the molecule is CC(C)Oc1noc2c1C(=O)CCC2C. The molecule has 1 aromatic heterocycles. The van der Waals surface area contributed by atoms with Crippen molar-refractivity contribution in [2.75, 3.05) is 0 Å². The quantitative estimate of drug-likeness (QED) is 0.751. The largest absolute Gasteiger partial charge is 0.472 e. The van der Waals surface area contributed by atoms with Crippen molar-refractivity contribution in [2.45, 2.75) is 45.6 Å². The predicted molar refractivity (Wildman–Crippen MR) is 54.2 cm³/mol. The minimum absolute atomic E-state index is 0.00392. The van der Waals surface area contributed by atoms with E-state index in [1.807, 2.05) is 20.8 Å². The van der Waals surface area contributed by atoms with Gasteiger partial charge in [-0.2, -0.15) is 0 Å². The number of rotatable bonds is 2. The zero-order chi connectivity index (χ0) is 11.0. The van der Waals surface area contributed by atoms with Gasteiger partial charge < -0.3 is 9.26 Å². The Balaban J connectivity index is 2.39. The first kappa shape index (κ1) is 10.2. The lowest BCUT2D eigenvalue weighted by Crippen LogP contribution is -2.15. The highest BCUT2D eigenvalue weighted by atomic mass is 16.5. The first-order valence-electron chi connectivity index (χ1n) is 5.29. The molecule has 2 rings (SSSR count). The van der Waals surface area contributed by atoms with E-state index in [0.717, 1.165) is 6.42 Å². The number of fused-ring (bicyclic) bond motifs is 1. The first-order valence-corrected chi connectivity index (χ1v) is 5.29. The highest BCUT2D eigenvalue weighted by Crippen LogP contribution is 2.36. The van der Waals surface area contributed by atoms with Crippen molar-refractivity contribution < 1.29 is 14.1 Å². The number of carbonyl (C=O) groups excluding carboxylic acids is 1. The summed E-state index contributed by atoms with van der Waals surface area (Å²) in [6, 6.07) is 0. The lowest BCUT2D eigenvalue weighted by Gasteiger charge is -2.15. The van der Waals surface area contributed by atoms with Crippen molar-refractivity contribution >= 4 is 5.78 Å². The molecule has 0 amide bonds. The summed E-state index contributed by atoms with van der Waals surface area (Å²) >= 11 is 0. The molecular formula is C11H15NO3. The van der Waals surface area contributed by atoms with Gasteiger partial charge in [0.2, 0.25) is 0 Å². The molecule has 1 heterocycles. The molecule has 1 aromatic rings. The number of nitrogens with zero attached hydrogens (tertiary/aromatic N) is 1. The molecule has 1 atom stereocenters. The van der Waals surface area contributed by atoms with E-state index in [1.54, 1.807) is 0 Å². The second-order valence-electron chi connectivity index (χ2n) is 4.26. The van der Waals surface area contributed by atoms with Crippen LogP contribution in [0.3, 0.4) is 0 Å². The van der Waals surface area contributed by atoms with Crippen LogP contribution in [-0.4, -0.2) is 17.0 Å². The van der Waals surface area contributed by atoms with Gasteiger partial charge in [-0.1, -0.05) is 6.92 Å². The van der Waals surface area contributed by atoms with E-state index in [9.17, 15) is 4.79 Å². The summed E-state index contributed by atoms with van der Waals surface area (Å²) in [4.78, 5) is 11.7. The summed E-state index contributed by atoms with van der Waals surface area (Å²) in [5.74, 6) is 1.38. The van der Waals surface area contributed by atoms with Gasteiger partial charge in [0.15, 0.2) is 11.5 Å². The molecule has 4 nitrogen and oxygen atoms in total. The molecular weight excluding hydrogens is 194 g/mol. The second kappa shape index (κ2) is 3.68. The van der Waals surface area contributed by atoms with Crippen LogP contribution in [0.5, 0.6) is 5.88 Å². The summed E-state index contributed by atoms with van der Waals surface area (Å²) < 4.78 is 10.6. The summed E-state index contributed by atoms with van der Waals surface area (Å²) in [6.07, 6.45) is 1.40. The topological polar surface area (TPSA) is 52.3 Å². The third-order valence-corrected chi connectivity index (χ3v) is 2.57. The highest BCUT2D eigenvalue weighted by molar-refractivity contribution is 6.00. The Kier molecular flexibility index (Phi) is 2.50. The van der Waals surface area contributed by atoms with E-state index in [4.69, 9.17) is 9.26 Å². The van der Waals surface area contributed by atoms with Crippen molar-refractivity contribution in [3.63, 3.8) is 0 Å². The van der Waals surface area contributed by atoms with Gasteiger partial charge in [0.05, 0.1) is 6.10 Å². The van der Waals surface area contributed by atoms with E-state index >= 15 is 0 Å². The Bertz CT molecular complexity index is 381. The van der Waals surface area contributed by atoms with Gasteiger partial charge in [-0.25, -0.2) is 0 Å². The van der Waals surface area contributed by atoms with Crippen LogP contribution in [0.25, 0.3) is 0 Å².